The predicted molar refractivity (Wildman–Crippen MR) is 122 cm³/mol. The summed E-state index contributed by atoms with van der Waals surface area (Å²) < 4.78 is 52.0. The van der Waals surface area contributed by atoms with Crippen LogP contribution in [0.25, 0.3) is 27.7 Å². The predicted octanol–water partition coefficient (Wildman–Crippen LogP) is 6.88. The van der Waals surface area contributed by atoms with Crippen LogP contribution in [0.4, 0.5) is 18.9 Å². The Hall–Kier alpha value is -4.00. The average Bonchev–Trinajstić information content (AvgIpc) is 3.21. The lowest BCUT2D eigenvalue weighted by atomic mass is 9.96. The minimum absolute atomic E-state index is 0.254. The molecule has 1 amide bonds. The summed E-state index contributed by atoms with van der Waals surface area (Å²) in [6.07, 6.45) is 2.87. The lowest BCUT2D eigenvalue weighted by Gasteiger charge is -2.13. The first-order valence-electron chi connectivity index (χ1n) is 10.1. The number of amides is 1. The number of hydrogen-bond donors (Lipinski definition) is 1. The van der Waals surface area contributed by atoms with E-state index in [0.29, 0.717) is 22.5 Å². The summed E-state index contributed by atoms with van der Waals surface area (Å²) in [6, 6.07) is 10.7. The van der Waals surface area contributed by atoms with Crippen molar-refractivity contribution in [3.05, 3.63) is 89.4 Å². The number of fused-ring (bicyclic) bond motifs is 1. The average molecular weight is 451 g/mol. The van der Waals surface area contributed by atoms with Crippen molar-refractivity contribution in [1.82, 2.24) is 0 Å². The third-order valence-corrected chi connectivity index (χ3v) is 5.36. The second kappa shape index (κ2) is 8.86. The third-order valence-electron chi connectivity index (χ3n) is 5.36. The molecule has 0 radical (unpaired) electrons. The number of anilines is 1. The maximum Gasteiger partial charge on any atom is 0.248 e. The van der Waals surface area contributed by atoms with Gasteiger partial charge in [-0.25, -0.2) is 13.2 Å². The summed E-state index contributed by atoms with van der Waals surface area (Å²) >= 11 is 0. The molecule has 0 fully saturated rings. The van der Waals surface area contributed by atoms with Gasteiger partial charge in [0, 0.05) is 34.2 Å². The Morgan fingerprint density at radius 3 is 2.42 bits per heavy atom. The lowest BCUT2D eigenvalue weighted by Crippen LogP contribution is -2.10. The largest absolute Gasteiger partial charge is 0.496 e. The van der Waals surface area contributed by atoms with Gasteiger partial charge in [-0.15, -0.1) is 0 Å². The van der Waals surface area contributed by atoms with Crippen LogP contribution in [0.15, 0.2) is 65.3 Å². The summed E-state index contributed by atoms with van der Waals surface area (Å²) in [5, 5.41) is 3.12. The molecule has 1 N–H and O–H groups in total. The third kappa shape index (κ3) is 4.35. The Balaban J connectivity index is 1.76. The molecule has 1 heterocycles. The number of allylic oxidation sites excluding steroid dienone is 1. The molecular weight excluding hydrogens is 431 g/mol. The Labute approximate surface area is 188 Å². The molecule has 33 heavy (non-hydrogen) atoms. The highest BCUT2D eigenvalue weighted by Gasteiger charge is 2.19. The van der Waals surface area contributed by atoms with Gasteiger partial charge in [0.25, 0.3) is 0 Å². The number of hydrogen-bond acceptors (Lipinski definition) is 3. The maximum atomic E-state index is 13.9. The number of furan rings is 1. The van der Waals surface area contributed by atoms with Crippen LogP contribution in [0.5, 0.6) is 5.75 Å². The molecule has 0 aliphatic carbocycles. The molecule has 0 spiro atoms. The van der Waals surface area contributed by atoms with Crippen molar-refractivity contribution in [2.45, 2.75) is 13.8 Å². The summed E-state index contributed by atoms with van der Waals surface area (Å²) in [6.45, 7) is 3.54. The Morgan fingerprint density at radius 1 is 1.03 bits per heavy atom. The molecule has 3 aromatic carbocycles. The van der Waals surface area contributed by atoms with Crippen LogP contribution >= 0.6 is 0 Å². The molecule has 4 rings (SSSR count). The van der Waals surface area contributed by atoms with Gasteiger partial charge in [-0.2, -0.15) is 0 Å². The van der Waals surface area contributed by atoms with Crippen LogP contribution in [0.1, 0.15) is 18.1 Å². The van der Waals surface area contributed by atoms with Gasteiger partial charge in [0.2, 0.25) is 5.91 Å². The van der Waals surface area contributed by atoms with E-state index in [1.165, 1.54) is 25.3 Å². The Bertz CT molecular complexity index is 1390. The van der Waals surface area contributed by atoms with E-state index >= 15 is 0 Å². The van der Waals surface area contributed by atoms with E-state index < -0.39 is 17.5 Å². The highest BCUT2D eigenvalue weighted by Crippen LogP contribution is 2.40. The molecule has 0 aliphatic heterocycles. The fraction of sp³-hybridized carbons (Fsp3) is 0.115. The van der Waals surface area contributed by atoms with Crippen LogP contribution < -0.4 is 10.1 Å². The zero-order chi connectivity index (χ0) is 23.7. The van der Waals surface area contributed by atoms with Gasteiger partial charge in [0.1, 0.15) is 28.8 Å². The monoisotopic (exact) mass is 451 g/mol. The van der Waals surface area contributed by atoms with Gasteiger partial charge in [0.05, 0.1) is 19.1 Å². The molecule has 168 valence electrons. The molecule has 0 bridgehead atoms. The first-order chi connectivity index (χ1) is 15.8. The van der Waals surface area contributed by atoms with Crippen molar-refractivity contribution in [2.75, 3.05) is 12.4 Å². The number of carbonyl (C=O) groups excluding carboxylic acids is 1. The van der Waals surface area contributed by atoms with Crippen LogP contribution in [0, 0.1) is 24.4 Å². The van der Waals surface area contributed by atoms with Gasteiger partial charge < -0.3 is 14.5 Å². The second-order valence-electron chi connectivity index (χ2n) is 7.56. The standard InChI is InChI=1S/C26H20F3NO3/c1-14(10-24(31)30-23-11-18(28)8-9-22(23)29)19-12-20-21(16-4-6-17(27)7-5-16)13-33-26(20)15(2)25(19)32-3/h4-13H,1-3H3,(H,30,31)/b14-10+. The van der Waals surface area contributed by atoms with Crippen molar-refractivity contribution in [3.8, 4) is 16.9 Å². The number of benzene rings is 3. The van der Waals surface area contributed by atoms with Crippen molar-refractivity contribution in [3.63, 3.8) is 0 Å². The molecule has 4 nitrogen and oxygen atoms in total. The van der Waals surface area contributed by atoms with Crippen molar-refractivity contribution in [1.29, 1.82) is 0 Å². The SMILES string of the molecule is COc1c(/C(C)=C/C(=O)Nc2cc(F)ccc2F)cc2c(-c3ccc(F)cc3)coc2c1C. The highest BCUT2D eigenvalue weighted by atomic mass is 19.1. The number of ether oxygens (including phenoxy) is 1. The maximum absolute atomic E-state index is 13.9. The zero-order valence-electron chi connectivity index (χ0n) is 18.1. The van der Waals surface area contributed by atoms with Gasteiger partial charge >= 0.3 is 0 Å². The number of nitrogens with one attached hydrogen (secondary N) is 1. The highest BCUT2D eigenvalue weighted by molar-refractivity contribution is 6.06. The van der Waals surface area contributed by atoms with E-state index in [1.54, 1.807) is 25.3 Å². The van der Waals surface area contributed by atoms with E-state index in [9.17, 15) is 18.0 Å². The van der Waals surface area contributed by atoms with Crippen molar-refractivity contribution >= 4 is 28.1 Å². The van der Waals surface area contributed by atoms with E-state index in [4.69, 9.17) is 9.15 Å². The summed E-state index contributed by atoms with van der Waals surface area (Å²) in [4.78, 5) is 12.5. The molecule has 0 saturated carbocycles. The van der Waals surface area contributed by atoms with E-state index in [1.807, 2.05) is 13.0 Å². The number of rotatable bonds is 5. The van der Waals surface area contributed by atoms with Crippen molar-refractivity contribution in [2.24, 2.45) is 0 Å². The number of methoxy groups -OCH3 is 1. The number of carbonyl (C=O) groups is 1. The van der Waals surface area contributed by atoms with Gasteiger partial charge in [0.15, 0.2) is 0 Å². The normalized spacial score (nSPS) is 11.6. The smallest absolute Gasteiger partial charge is 0.248 e. The van der Waals surface area contributed by atoms with E-state index in [2.05, 4.69) is 5.32 Å². The Morgan fingerprint density at radius 2 is 1.73 bits per heavy atom. The lowest BCUT2D eigenvalue weighted by molar-refractivity contribution is -0.111. The van der Waals surface area contributed by atoms with Crippen LogP contribution in [-0.2, 0) is 4.79 Å². The minimum atomic E-state index is -0.743. The summed E-state index contributed by atoms with van der Waals surface area (Å²) in [5.41, 5.74) is 3.77. The molecule has 7 heteroatoms. The minimum Gasteiger partial charge on any atom is -0.496 e. The zero-order valence-corrected chi connectivity index (χ0v) is 18.1. The molecule has 4 aromatic rings. The fourth-order valence-corrected chi connectivity index (χ4v) is 3.76. The quantitative estimate of drug-likeness (QED) is 0.337. The number of halogens is 3. The summed E-state index contributed by atoms with van der Waals surface area (Å²) in [5.74, 6) is -1.86. The van der Waals surface area contributed by atoms with Crippen LogP contribution in [0.2, 0.25) is 0 Å². The Kier molecular flexibility index (Phi) is 5.96. The topological polar surface area (TPSA) is 51.5 Å². The number of aryl methyl sites for hydroxylation is 1. The first kappa shape index (κ1) is 22.2. The molecular formula is C26H20F3NO3. The molecule has 1 aromatic heterocycles. The second-order valence-corrected chi connectivity index (χ2v) is 7.56. The van der Waals surface area contributed by atoms with Crippen LogP contribution in [0.3, 0.4) is 0 Å². The van der Waals surface area contributed by atoms with Gasteiger partial charge in [-0.3, -0.25) is 4.79 Å². The first-order valence-corrected chi connectivity index (χ1v) is 10.1. The van der Waals surface area contributed by atoms with Crippen LogP contribution in [-0.4, -0.2) is 13.0 Å². The molecule has 0 saturated heterocycles. The van der Waals surface area contributed by atoms with Gasteiger partial charge in [-0.05, 0) is 55.3 Å². The van der Waals surface area contributed by atoms with Gasteiger partial charge in [-0.1, -0.05) is 12.1 Å². The fourth-order valence-electron chi connectivity index (χ4n) is 3.76. The van der Waals surface area contributed by atoms with Crippen molar-refractivity contribution < 1.29 is 27.1 Å². The van der Waals surface area contributed by atoms with E-state index in [0.717, 1.165) is 40.3 Å². The summed E-state index contributed by atoms with van der Waals surface area (Å²) in [7, 11) is 1.51. The molecule has 0 unspecified atom stereocenters. The van der Waals surface area contributed by atoms with E-state index in [-0.39, 0.29) is 11.5 Å². The molecule has 0 aliphatic rings. The molecule has 0 atom stereocenters.